The number of carbonyl (C=O) groups excluding carboxylic acids is 2. The van der Waals surface area contributed by atoms with Crippen LogP contribution in [0.3, 0.4) is 0 Å². The molecule has 0 fully saturated rings. The van der Waals surface area contributed by atoms with E-state index in [1.807, 2.05) is 20.8 Å². The fraction of sp³-hybridized carbons (Fsp3) is 0.429. The van der Waals surface area contributed by atoms with Crippen molar-refractivity contribution in [2.45, 2.75) is 32.7 Å². The third-order valence-corrected chi connectivity index (χ3v) is 2.49. The highest BCUT2D eigenvalue weighted by molar-refractivity contribution is 5.99. The number of halogens is 2. The van der Waals surface area contributed by atoms with Crippen LogP contribution in [0.25, 0.3) is 0 Å². The molecule has 1 aromatic carbocycles. The maximum Gasteiger partial charge on any atom is 0.253 e. The Balaban J connectivity index is 2.55. The Morgan fingerprint density at radius 3 is 2.33 bits per heavy atom. The summed E-state index contributed by atoms with van der Waals surface area (Å²) in [7, 11) is 0. The van der Waals surface area contributed by atoms with Crippen molar-refractivity contribution in [1.29, 1.82) is 0 Å². The fourth-order valence-corrected chi connectivity index (χ4v) is 1.62. The minimum atomic E-state index is -1.15. The Bertz CT molecular complexity index is 554. The predicted octanol–water partition coefficient (Wildman–Crippen LogP) is 1.58. The van der Waals surface area contributed by atoms with Gasteiger partial charge in [-0.15, -0.1) is 0 Å². The van der Waals surface area contributed by atoms with Gasteiger partial charge in [0.05, 0.1) is 5.56 Å². The van der Waals surface area contributed by atoms with Gasteiger partial charge in [-0.25, -0.2) is 8.78 Å². The van der Waals surface area contributed by atoms with E-state index in [2.05, 4.69) is 10.6 Å². The van der Waals surface area contributed by atoms with Gasteiger partial charge in [0.1, 0.15) is 0 Å². The summed E-state index contributed by atoms with van der Waals surface area (Å²) in [6.45, 7) is 5.58. The quantitative estimate of drug-likeness (QED) is 0.738. The number of hydrogen-bond acceptors (Lipinski definition) is 3. The number of benzene rings is 1. The van der Waals surface area contributed by atoms with Gasteiger partial charge in [0.2, 0.25) is 5.91 Å². The molecule has 1 rings (SSSR count). The van der Waals surface area contributed by atoms with E-state index < -0.39 is 17.5 Å². The summed E-state index contributed by atoms with van der Waals surface area (Å²) >= 11 is 0. The Kier molecular flexibility index (Phi) is 5.23. The molecule has 0 unspecified atom stereocenters. The molecule has 0 radical (unpaired) electrons. The van der Waals surface area contributed by atoms with Crippen molar-refractivity contribution in [2.24, 2.45) is 0 Å². The third kappa shape index (κ3) is 5.37. The van der Waals surface area contributed by atoms with E-state index in [9.17, 15) is 18.4 Å². The van der Waals surface area contributed by atoms with E-state index in [-0.39, 0.29) is 35.7 Å². The molecule has 2 amide bonds. The van der Waals surface area contributed by atoms with Crippen LogP contribution >= 0.6 is 0 Å². The maximum atomic E-state index is 13.1. The lowest BCUT2D eigenvalue weighted by molar-refractivity contribution is -0.122. The van der Waals surface area contributed by atoms with Crippen molar-refractivity contribution in [3.05, 3.63) is 29.3 Å². The highest BCUT2D eigenvalue weighted by atomic mass is 19.2. The first-order valence-electron chi connectivity index (χ1n) is 6.44. The molecule has 0 heterocycles. The Labute approximate surface area is 121 Å². The number of nitrogens with one attached hydrogen (secondary N) is 2. The number of hydrogen-bond donors (Lipinski definition) is 3. The molecule has 0 atom stereocenters. The van der Waals surface area contributed by atoms with Gasteiger partial charge in [-0.1, -0.05) is 0 Å². The molecule has 116 valence electrons. The van der Waals surface area contributed by atoms with Gasteiger partial charge in [-0.3, -0.25) is 9.59 Å². The molecule has 0 aliphatic carbocycles. The van der Waals surface area contributed by atoms with E-state index in [1.54, 1.807) is 0 Å². The van der Waals surface area contributed by atoms with Crippen molar-refractivity contribution >= 4 is 17.5 Å². The van der Waals surface area contributed by atoms with Gasteiger partial charge in [0.25, 0.3) is 5.91 Å². The second-order valence-electron chi connectivity index (χ2n) is 5.66. The molecule has 0 spiro atoms. The Morgan fingerprint density at radius 2 is 1.76 bits per heavy atom. The van der Waals surface area contributed by atoms with Crippen LogP contribution in [0.4, 0.5) is 14.5 Å². The highest BCUT2D eigenvalue weighted by Gasteiger charge is 2.16. The second-order valence-corrected chi connectivity index (χ2v) is 5.66. The second kappa shape index (κ2) is 6.51. The van der Waals surface area contributed by atoms with Crippen LogP contribution in [0.1, 0.15) is 37.6 Å². The van der Waals surface area contributed by atoms with E-state index in [0.717, 1.165) is 12.1 Å². The third-order valence-electron chi connectivity index (χ3n) is 2.49. The lowest BCUT2D eigenvalue weighted by atomic mass is 10.1. The standard InChI is InChI=1S/C14H19F2N3O2/c1-14(2,3)19-12(20)4-5-18-13(21)8-6-9(15)10(16)7-11(8)17/h6-7H,4-5,17H2,1-3H3,(H,18,21)(H,19,20). The molecule has 0 aromatic heterocycles. The highest BCUT2D eigenvalue weighted by Crippen LogP contribution is 2.16. The van der Waals surface area contributed by atoms with Crippen molar-refractivity contribution in [1.82, 2.24) is 10.6 Å². The molecule has 1 aromatic rings. The first-order chi connectivity index (χ1) is 9.60. The normalized spacial score (nSPS) is 11.1. The SMILES string of the molecule is CC(C)(C)NC(=O)CCNC(=O)c1cc(F)c(F)cc1N. The fourth-order valence-electron chi connectivity index (χ4n) is 1.62. The summed E-state index contributed by atoms with van der Waals surface area (Å²) in [5.74, 6) is -3.15. The zero-order valence-electron chi connectivity index (χ0n) is 12.2. The summed E-state index contributed by atoms with van der Waals surface area (Å²) in [6.07, 6.45) is 0.0760. The van der Waals surface area contributed by atoms with E-state index >= 15 is 0 Å². The van der Waals surface area contributed by atoms with Crippen molar-refractivity contribution in [2.75, 3.05) is 12.3 Å². The molecule has 0 bridgehead atoms. The molecule has 4 N–H and O–H groups in total. The Hall–Kier alpha value is -2.18. The van der Waals surface area contributed by atoms with Gasteiger partial charge in [-0.05, 0) is 26.8 Å². The van der Waals surface area contributed by atoms with Crippen LogP contribution in [0, 0.1) is 11.6 Å². The summed E-state index contributed by atoms with van der Waals surface area (Å²) in [6, 6.07) is 1.48. The zero-order chi connectivity index (χ0) is 16.2. The Morgan fingerprint density at radius 1 is 1.19 bits per heavy atom. The smallest absolute Gasteiger partial charge is 0.253 e. The lowest BCUT2D eigenvalue weighted by Gasteiger charge is -2.20. The van der Waals surface area contributed by atoms with Gasteiger partial charge < -0.3 is 16.4 Å². The van der Waals surface area contributed by atoms with E-state index in [1.165, 1.54) is 0 Å². The molecular weight excluding hydrogens is 280 g/mol. The average molecular weight is 299 g/mol. The molecule has 5 nitrogen and oxygen atoms in total. The summed E-state index contributed by atoms with van der Waals surface area (Å²) in [5.41, 5.74) is 4.78. The largest absolute Gasteiger partial charge is 0.398 e. The van der Waals surface area contributed by atoms with Crippen LogP contribution in [-0.4, -0.2) is 23.9 Å². The summed E-state index contributed by atoms with van der Waals surface area (Å²) in [5, 5.41) is 5.17. The van der Waals surface area contributed by atoms with E-state index in [4.69, 9.17) is 5.73 Å². The average Bonchev–Trinajstić information content (AvgIpc) is 2.31. The van der Waals surface area contributed by atoms with Gasteiger partial charge in [0.15, 0.2) is 11.6 Å². The van der Waals surface area contributed by atoms with Crippen molar-refractivity contribution in [3.63, 3.8) is 0 Å². The lowest BCUT2D eigenvalue weighted by Crippen LogP contribution is -2.42. The van der Waals surface area contributed by atoms with Crippen LogP contribution in [-0.2, 0) is 4.79 Å². The number of nitrogen functional groups attached to an aromatic ring is 1. The number of nitrogens with two attached hydrogens (primary N) is 1. The van der Waals surface area contributed by atoms with Gasteiger partial charge >= 0.3 is 0 Å². The van der Waals surface area contributed by atoms with Crippen molar-refractivity contribution < 1.29 is 18.4 Å². The minimum absolute atomic E-state index is 0.0686. The number of anilines is 1. The van der Waals surface area contributed by atoms with Crippen LogP contribution in [0.15, 0.2) is 12.1 Å². The number of rotatable bonds is 4. The number of amides is 2. The summed E-state index contributed by atoms with van der Waals surface area (Å²) < 4.78 is 26.0. The molecule has 21 heavy (non-hydrogen) atoms. The molecule has 0 aliphatic heterocycles. The van der Waals surface area contributed by atoms with Crippen LogP contribution in [0.5, 0.6) is 0 Å². The topological polar surface area (TPSA) is 84.2 Å². The molecule has 0 aliphatic rings. The van der Waals surface area contributed by atoms with Gasteiger partial charge in [-0.2, -0.15) is 0 Å². The monoisotopic (exact) mass is 299 g/mol. The molecule has 7 heteroatoms. The van der Waals surface area contributed by atoms with Crippen molar-refractivity contribution in [3.8, 4) is 0 Å². The first-order valence-corrected chi connectivity index (χ1v) is 6.44. The summed E-state index contributed by atoms with van der Waals surface area (Å²) in [4.78, 5) is 23.3. The van der Waals surface area contributed by atoms with Crippen LogP contribution in [0.2, 0.25) is 0 Å². The zero-order valence-corrected chi connectivity index (χ0v) is 12.2. The number of carbonyl (C=O) groups is 2. The molecule has 0 saturated heterocycles. The first kappa shape index (κ1) is 16.9. The van der Waals surface area contributed by atoms with E-state index in [0.29, 0.717) is 0 Å². The van der Waals surface area contributed by atoms with Gasteiger partial charge in [0, 0.05) is 30.3 Å². The maximum absolute atomic E-state index is 13.1. The molecular formula is C14H19F2N3O2. The molecule has 0 saturated carbocycles. The van der Waals surface area contributed by atoms with Crippen LogP contribution < -0.4 is 16.4 Å². The predicted molar refractivity (Wildman–Crippen MR) is 75.6 cm³/mol. The minimum Gasteiger partial charge on any atom is -0.398 e.